The molecule has 0 unspecified atom stereocenters. The lowest BCUT2D eigenvalue weighted by Gasteiger charge is -2.20. The SMILES string of the molecule is Cc1ccc(C(=O)[C@@H](C)OC(=O)c2ccc(S(=O)(=O)N3CCCCCC3)cc2)cc1. The number of rotatable bonds is 6. The summed E-state index contributed by atoms with van der Waals surface area (Å²) >= 11 is 0. The van der Waals surface area contributed by atoms with E-state index in [1.165, 1.54) is 35.5 Å². The topological polar surface area (TPSA) is 80.8 Å². The minimum absolute atomic E-state index is 0.157. The van der Waals surface area contributed by atoms with Crippen LogP contribution in [0.4, 0.5) is 0 Å². The Balaban J connectivity index is 1.67. The standard InChI is InChI=1S/C23H27NO5S/c1-17-7-9-19(10-8-17)22(25)18(2)29-23(26)20-11-13-21(14-12-20)30(27,28)24-15-5-3-4-6-16-24/h7-14,18H,3-6,15-16H2,1-2H3/t18-/m1/s1. The number of Topliss-reactive ketones (excluding diaryl/α,β-unsaturated/α-hetero) is 1. The van der Waals surface area contributed by atoms with Crippen molar-refractivity contribution in [3.8, 4) is 0 Å². The van der Waals surface area contributed by atoms with Crippen molar-refractivity contribution in [1.82, 2.24) is 4.31 Å². The number of sulfonamides is 1. The third-order valence-corrected chi connectivity index (χ3v) is 7.19. The van der Waals surface area contributed by atoms with Crippen molar-refractivity contribution in [2.45, 2.75) is 50.5 Å². The lowest BCUT2D eigenvalue weighted by Crippen LogP contribution is -2.32. The van der Waals surface area contributed by atoms with E-state index in [4.69, 9.17) is 4.74 Å². The number of hydrogen-bond acceptors (Lipinski definition) is 5. The summed E-state index contributed by atoms with van der Waals surface area (Å²) < 4.78 is 32.5. The number of ketones is 1. The summed E-state index contributed by atoms with van der Waals surface area (Å²) in [7, 11) is -3.58. The molecule has 1 heterocycles. The molecule has 0 bridgehead atoms. The first-order valence-electron chi connectivity index (χ1n) is 10.2. The monoisotopic (exact) mass is 429 g/mol. The van der Waals surface area contributed by atoms with Crippen molar-refractivity contribution in [2.24, 2.45) is 0 Å². The molecule has 0 amide bonds. The molecule has 0 aromatic heterocycles. The van der Waals surface area contributed by atoms with Gasteiger partial charge in [0, 0.05) is 18.7 Å². The summed E-state index contributed by atoms with van der Waals surface area (Å²) in [6.45, 7) is 4.49. The average molecular weight is 430 g/mol. The molecule has 30 heavy (non-hydrogen) atoms. The highest BCUT2D eigenvalue weighted by atomic mass is 32.2. The Kier molecular flexibility index (Phi) is 7.05. The molecule has 1 saturated heterocycles. The van der Waals surface area contributed by atoms with Crippen LogP contribution in [0.5, 0.6) is 0 Å². The summed E-state index contributed by atoms with van der Waals surface area (Å²) in [5.74, 6) is -0.953. The van der Waals surface area contributed by atoms with Crippen molar-refractivity contribution in [1.29, 1.82) is 0 Å². The highest BCUT2D eigenvalue weighted by Crippen LogP contribution is 2.21. The van der Waals surface area contributed by atoms with Crippen LogP contribution in [-0.2, 0) is 14.8 Å². The van der Waals surface area contributed by atoms with Gasteiger partial charge in [0.15, 0.2) is 6.10 Å². The Hall–Kier alpha value is -2.51. The van der Waals surface area contributed by atoms with E-state index in [9.17, 15) is 18.0 Å². The van der Waals surface area contributed by atoms with Crippen molar-refractivity contribution in [3.63, 3.8) is 0 Å². The minimum atomic E-state index is -3.58. The molecular weight excluding hydrogens is 402 g/mol. The summed E-state index contributed by atoms with van der Waals surface area (Å²) in [6.07, 6.45) is 2.85. The zero-order valence-electron chi connectivity index (χ0n) is 17.3. The van der Waals surface area contributed by atoms with Crippen molar-refractivity contribution in [2.75, 3.05) is 13.1 Å². The fraction of sp³-hybridized carbons (Fsp3) is 0.391. The number of ether oxygens (including phenoxy) is 1. The lowest BCUT2D eigenvalue weighted by molar-refractivity contribution is 0.0318. The molecule has 1 atom stereocenters. The van der Waals surface area contributed by atoms with Crippen molar-refractivity contribution in [3.05, 3.63) is 65.2 Å². The second-order valence-electron chi connectivity index (χ2n) is 7.62. The molecular formula is C23H27NO5S. The number of carbonyl (C=O) groups is 2. The van der Waals surface area contributed by atoms with Crippen molar-refractivity contribution >= 4 is 21.8 Å². The van der Waals surface area contributed by atoms with Gasteiger partial charge in [-0.15, -0.1) is 0 Å². The van der Waals surface area contributed by atoms with Gasteiger partial charge in [0.25, 0.3) is 0 Å². The molecule has 0 radical (unpaired) electrons. The van der Waals surface area contributed by atoms with Crippen LogP contribution < -0.4 is 0 Å². The molecule has 1 aliphatic rings. The van der Waals surface area contributed by atoms with E-state index in [0.717, 1.165) is 31.2 Å². The molecule has 2 aromatic carbocycles. The molecule has 1 aliphatic heterocycles. The van der Waals surface area contributed by atoms with E-state index in [1.54, 1.807) is 12.1 Å². The molecule has 7 heteroatoms. The third-order valence-electron chi connectivity index (χ3n) is 5.28. The smallest absolute Gasteiger partial charge is 0.338 e. The van der Waals surface area contributed by atoms with Gasteiger partial charge < -0.3 is 4.74 Å². The van der Waals surface area contributed by atoms with Crippen LogP contribution >= 0.6 is 0 Å². The normalized spacial score (nSPS) is 16.5. The number of nitrogens with zero attached hydrogens (tertiary/aromatic N) is 1. The number of esters is 1. The average Bonchev–Trinajstić information content (AvgIpc) is 3.04. The molecule has 0 N–H and O–H groups in total. The Labute approximate surface area is 177 Å². The Morgan fingerprint density at radius 1 is 0.867 bits per heavy atom. The first-order chi connectivity index (χ1) is 14.3. The summed E-state index contributed by atoms with van der Waals surface area (Å²) in [6, 6.07) is 12.7. The lowest BCUT2D eigenvalue weighted by atomic mass is 10.1. The highest BCUT2D eigenvalue weighted by Gasteiger charge is 2.26. The summed E-state index contributed by atoms with van der Waals surface area (Å²) in [5.41, 5.74) is 1.71. The van der Waals surface area contributed by atoms with Gasteiger partial charge in [0.05, 0.1) is 10.5 Å². The second kappa shape index (κ2) is 9.53. The van der Waals surface area contributed by atoms with Crippen LogP contribution in [0.25, 0.3) is 0 Å². The third kappa shape index (κ3) is 5.15. The van der Waals surface area contributed by atoms with Crippen LogP contribution in [0.1, 0.15) is 58.9 Å². The maximum atomic E-state index is 12.8. The summed E-state index contributed by atoms with van der Waals surface area (Å²) in [5, 5.41) is 0. The number of aryl methyl sites for hydroxylation is 1. The molecule has 160 valence electrons. The number of carbonyl (C=O) groups excluding carboxylic acids is 2. The largest absolute Gasteiger partial charge is 0.451 e. The highest BCUT2D eigenvalue weighted by molar-refractivity contribution is 7.89. The maximum absolute atomic E-state index is 12.8. The second-order valence-corrected chi connectivity index (χ2v) is 9.56. The first-order valence-corrected chi connectivity index (χ1v) is 11.6. The van der Waals surface area contributed by atoms with E-state index >= 15 is 0 Å². The maximum Gasteiger partial charge on any atom is 0.338 e. The van der Waals surface area contributed by atoms with E-state index < -0.39 is 22.1 Å². The quantitative estimate of drug-likeness (QED) is 0.512. The van der Waals surface area contributed by atoms with Crippen LogP contribution in [0.3, 0.4) is 0 Å². The fourth-order valence-electron chi connectivity index (χ4n) is 3.43. The Morgan fingerprint density at radius 3 is 1.97 bits per heavy atom. The van der Waals surface area contributed by atoms with Gasteiger partial charge in [-0.25, -0.2) is 13.2 Å². The van der Waals surface area contributed by atoms with Crippen LogP contribution in [0.15, 0.2) is 53.4 Å². The number of benzene rings is 2. The van der Waals surface area contributed by atoms with Crippen molar-refractivity contribution < 1.29 is 22.7 Å². The van der Waals surface area contributed by atoms with Gasteiger partial charge in [-0.1, -0.05) is 42.7 Å². The summed E-state index contributed by atoms with van der Waals surface area (Å²) in [4.78, 5) is 25.0. The van der Waals surface area contributed by atoms with E-state index in [2.05, 4.69) is 0 Å². The Morgan fingerprint density at radius 2 is 1.40 bits per heavy atom. The van der Waals surface area contributed by atoms with Crippen LogP contribution in [-0.4, -0.2) is 43.7 Å². The molecule has 2 aromatic rings. The van der Waals surface area contributed by atoms with Gasteiger partial charge in [-0.05, 0) is 51.0 Å². The molecule has 0 spiro atoms. The van der Waals surface area contributed by atoms with Gasteiger partial charge in [0.1, 0.15) is 0 Å². The molecule has 3 rings (SSSR count). The molecule has 0 aliphatic carbocycles. The molecule has 1 fully saturated rings. The molecule has 6 nitrogen and oxygen atoms in total. The zero-order chi connectivity index (χ0) is 21.7. The van der Waals surface area contributed by atoms with Gasteiger partial charge >= 0.3 is 5.97 Å². The molecule has 0 saturated carbocycles. The van der Waals surface area contributed by atoms with E-state index in [0.29, 0.717) is 18.7 Å². The predicted molar refractivity (Wildman–Crippen MR) is 114 cm³/mol. The Bertz CT molecular complexity index is 989. The van der Waals surface area contributed by atoms with Crippen LogP contribution in [0.2, 0.25) is 0 Å². The first kappa shape index (κ1) is 22.2. The van der Waals surface area contributed by atoms with Crippen LogP contribution in [0, 0.1) is 6.92 Å². The van der Waals surface area contributed by atoms with Gasteiger partial charge in [-0.3, -0.25) is 4.79 Å². The minimum Gasteiger partial charge on any atom is -0.451 e. The zero-order valence-corrected chi connectivity index (χ0v) is 18.2. The number of hydrogen-bond donors (Lipinski definition) is 0. The van der Waals surface area contributed by atoms with E-state index in [1.807, 2.05) is 19.1 Å². The van der Waals surface area contributed by atoms with Gasteiger partial charge in [-0.2, -0.15) is 4.31 Å². The predicted octanol–water partition coefficient (Wildman–Crippen LogP) is 3.99. The van der Waals surface area contributed by atoms with E-state index in [-0.39, 0.29) is 16.2 Å². The van der Waals surface area contributed by atoms with Gasteiger partial charge in [0.2, 0.25) is 15.8 Å². The fourth-order valence-corrected chi connectivity index (χ4v) is 4.95.